The van der Waals surface area contributed by atoms with Crippen LogP contribution in [0.5, 0.6) is 0 Å². The molecule has 1 aliphatic carbocycles. The molecule has 0 radical (unpaired) electrons. The number of rotatable bonds is 5. The fraction of sp³-hybridized carbons (Fsp3) is 0.462. The number of carboxylic acids is 1. The Morgan fingerprint density at radius 3 is 2.62 bits per heavy atom. The molecule has 1 aromatic rings. The van der Waals surface area contributed by atoms with Crippen LogP contribution in [0.2, 0.25) is 0 Å². The minimum atomic E-state index is -0.965. The molecule has 2 N–H and O–H groups in total. The summed E-state index contributed by atoms with van der Waals surface area (Å²) in [4.78, 5) is 21.4. The Morgan fingerprint density at radius 1 is 1.48 bits per heavy atom. The lowest BCUT2D eigenvalue weighted by molar-refractivity contribution is -0.384. The number of nitrogens with zero attached hydrogens (tertiary/aromatic N) is 1. The van der Waals surface area contributed by atoms with Crippen molar-refractivity contribution in [2.75, 3.05) is 5.32 Å². The highest BCUT2D eigenvalue weighted by Gasteiger charge is 2.37. The molecule has 8 heteroatoms. The van der Waals surface area contributed by atoms with Gasteiger partial charge in [-0.2, -0.15) is 0 Å². The number of nitro groups is 1. The molecule has 6 nitrogen and oxygen atoms in total. The molecule has 2 rings (SSSR count). The van der Waals surface area contributed by atoms with Crippen molar-refractivity contribution >= 4 is 33.3 Å². The predicted molar refractivity (Wildman–Crippen MR) is 77.8 cm³/mol. The number of nitrogens with one attached hydrogen (secondary N) is 1. The third-order valence-electron chi connectivity index (χ3n) is 3.69. The van der Waals surface area contributed by atoms with Gasteiger partial charge >= 0.3 is 5.97 Å². The zero-order valence-corrected chi connectivity index (χ0v) is 12.7. The van der Waals surface area contributed by atoms with Crippen LogP contribution in [-0.4, -0.2) is 21.5 Å². The Bertz CT molecular complexity index is 588. The van der Waals surface area contributed by atoms with Crippen LogP contribution in [0.3, 0.4) is 0 Å². The van der Waals surface area contributed by atoms with Gasteiger partial charge in [-0.05, 0) is 34.8 Å². The fourth-order valence-electron chi connectivity index (χ4n) is 2.76. The number of nitro benzene ring substituents is 1. The molecule has 0 aromatic heterocycles. The first kappa shape index (κ1) is 15.7. The van der Waals surface area contributed by atoms with Crippen LogP contribution < -0.4 is 5.32 Å². The Balaban J connectivity index is 2.38. The Morgan fingerprint density at radius 2 is 2.10 bits per heavy atom. The number of benzene rings is 1. The fourth-order valence-corrected chi connectivity index (χ4v) is 3.10. The standard InChI is InChI=1S/C13H14BrFN2O4/c14-8-5-10(11(17(20)21)6-9(8)15)16-13(7-12(18)19)3-1-2-4-13/h5-6,16H,1-4,7H2,(H,18,19). The van der Waals surface area contributed by atoms with Gasteiger partial charge in [-0.15, -0.1) is 0 Å². The van der Waals surface area contributed by atoms with Crippen LogP contribution >= 0.6 is 15.9 Å². The molecule has 0 spiro atoms. The number of hydrogen-bond donors (Lipinski definition) is 2. The first-order valence-corrected chi connectivity index (χ1v) is 7.26. The van der Waals surface area contributed by atoms with Gasteiger partial charge in [-0.1, -0.05) is 12.8 Å². The Hall–Kier alpha value is -1.70. The summed E-state index contributed by atoms with van der Waals surface area (Å²) in [5, 5.41) is 23.1. The van der Waals surface area contributed by atoms with E-state index < -0.39 is 27.9 Å². The Kier molecular flexibility index (Phi) is 4.46. The zero-order valence-electron chi connectivity index (χ0n) is 11.1. The summed E-state index contributed by atoms with van der Waals surface area (Å²) < 4.78 is 13.6. The first-order chi connectivity index (χ1) is 9.83. The second-order valence-corrected chi connectivity index (χ2v) is 6.08. The van der Waals surface area contributed by atoms with E-state index in [4.69, 9.17) is 5.11 Å². The van der Waals surface area contributed by atoms with E-state index >= 15 is 0 Å². The summed E-state index contributed by atoms with van der Waals surface area (Å²) in [5.41, 5.74) is -0.975. The van der Waals surface area contributed by atoms with E-state index in [0.29, 0.717) is 12.8 Å². The smallest absolute Gasteiger partial charge is 0.305 e. The number of hydrogen-bond acceptors (Lipinski definition) is 4. The molecule has 114 valence electrons. The van der Waals surface area contributed by atoms with Gasteiger partial charge in [0.2, 0.25) is 0 Å². The molecular formula is C13H14BrFN2O4. The maximum atomic E-state index is 13.5. The van der Waals surface area contributed by atoms with Crippen molar-refractivity contribution in [3.63, 3.8) is 0 Å². The second kappa shape index (κ2) is 5.97. The molecule has 0 heterocycles. The molecule has 1 saturated carbocycles. The summed E-state index contributed by atoms with van der Waals surface area (Å²) in [6.07, 6.45) is 2.82. The SMILES string of the molecule is O=C(O)CC1(Nc2cc(Br)c(F)cc2[N+](=O)[O-])CCCC1. The van der Waals surface area contributed by atoms with E-state index in [2.05, 4.69) is 21.2 Å². The average Bonchev–Trinajstić information content (AvgIpc) is 2.80. The lowest BCUT2D eigenvalue weighted by Crippen LogP contribution is -2.37. The normalized spacial score (nSPS) is 16.7. The largest absolute Gasteiger partial charge is 0.481 e. The number of anilines is 1. The summed E-state index contributed by atoms with van der Waals surface area (Å²) in [7, 11) is 0. The molecule has 1 aromatic carbocycles. The lowest BCUT2D eigenvalue weighted by Gasteiger charge is -2.29. The minimum Gasteiger partial charge on any atom is -0.481 e. The van der Waals surface area contributed by atoms with Crippen LogP contribution in [-0.2, 0) is 4.79 Å². The van der Waals surface area contributed by atoms with E-state index in [-0.39, 0.29) is 16.6 Å². The van der Waals surface area contributed by atoms with Crippen molar-refractivity contribution in [3.05, 3.63) is 32.5 Å². The van der Waals surface area contributed by atoms with Crippen molar-refractivity contribution in [1.82, 2.24) is 0 Å². The van der Waals surface area contributed by atoms with Gasteiger partial charge in [0, 0.05) is 5.54 Å². The maximum Gasteiger partial charge on any atom is 0.305 e. The summed E-state index contributed by atoms with van der Waals surface area (Å²) in [5.74, 6) is -1.70. The van der Waals surface area contributed by atoms with Gasteiger partial charge in [0.25, 0.3) is 5.69 Å². The molecule has 0 saturated heterocycles. The zero-order chi connectivity index (χ0) is 15.6. The third-order valence-corrected chi connectivity index (χ3v) is 4.29. The molecule has 21 heavy (non-hydrogen) atoms. The second-order valence-electron chi connectivity index (χ2n) is 5.22. The lowest BCUT2D eigenvalue weighted by atomic mass is 9.92. The van der Waals surface area contributed by atoms with E-state index in [1.54, 1.807) is 0 Å². The molecule has 0 bridgehead atoms. The van der Waals surface area contributed by atoms with Crippen molar-refractivity contribution in [3.8, 4) is 0 Å². The summed E-state index contributed by atoms with van der Waals surface area (Å²) >= 11 is 2.99. The number of carboxylic acid groups (broad SMARTS) is 1. The highest BCUT2D eigenvalue weighted by molar-refractivity contribution is 9.10. The Labute approximate surface area is 128 Å². The highest BCUT2D eigenvalue weighted by atomic mass is 79.9. The molecule has 0 amide bonds. The number of aliphatic carboxylic acids is 1. The molecule has 1 fully saturated rings. The van der Waals surface area contributed by atoms with Gasteiger partial charge in [0.05, 0.1) is 21.9 Å². The van der Waals surface area contributed by atoms with Gasteiger partial charge in [-0.25, -0.2) is 4.39 Å². The average molecular weight is 361 g/mol. The van der Waals surface area contributed by atoms with E-state index in [0.717, 1.165) is 18.9 Å². The van der Waals surface area contributed by atoms with E-state index in [1.807, 2.05) is 0 Å². The van der Waals surface area contributed by atoms with E-state index in [9.17, 15) is 19.3 Å². The van der Waals surface area contributed by atoms with Gasteiger partial charge < -0.3 is 10.4 Å². The topological polar surface area (TPSA) is 92.5 Å². The molecule has 1 aliphatic rings. The van der Waals surface area contributed by atoms with Gasteiger partial charge in [0.1, 0.15) is 11.5 Å². The van der Waals surface area contributed by atoms with Gasteiger partial charge in [-0.3, -0.25) is 14.9 Å². The maximum absolute atomic E-state index is 13.5. The highest BCUT2D eigenvalue weighted by Crippen LogP contribution is 2.39. The number of halogens is 2. The van der Waals surface area contributed by atoms with Crippen LogP contribution in [0.4, 0.5) is 15.8 Å². The molecular weight excluding hydrogens is 347 g/mol. The monoisotopic (exact) mass is 360 g/mol. The quantitative estimate of drug-likeness (QED) is 0.616. The van der Waals surface area contributed by atoms with Crippen molar-refractivity contribution in [1.29, 1.82) is 0 Å². The molecule has 0 unspecified atom stereocenters. The van der Waals surface area contributed by atoms with Crippen LogP contribution in [0.1, 0.15) is 32.1 Å². The third kappa shape index (κ3) is 3.49. The first-order valence-electron chi connectivity index (χ1n) is 6.46. The molecule has 0 aliphatic heterocycles. The van der Waals surface area contributed by atoms with Gasteiger partial charge in [0.15, 0.2) is 0 Å². The summed E-state index contributed by atoms with van der Waals surface area (Å²) in [6.45, 7) is 0. The van der Waals surface area contributed by atoms with Crippen LogP contribution in [0, 0.1) is 15.9 Å². The number of carbonyl (C=O) groups is 1. The van der Waals surface area contributed by atoms with Crippen molar-refractivity contribution in [2.45, 2.75) is 37.6 Å². The van der Waals surface area contributed by atoms with Crippen molar-refractivity contribution in [2.24, 2.45) is 0 Å². The predicted octanol–water partition coefficient (Wildman–Crippen LogP) is 3.70. The van der Waals surface area contributed by atoms with Crippen molar-refractivity contribution < 1.29 is 19.2 Å². The van der Waals surface area contributed by atoms with E-state index in [1.165, 1.54) is 6.07 Å². The van der Waals surface area contributed by atoms with Crippen LogP contribution in [0.25, 0.3) is 0 Å². The minimum absolute atomic E-state index is 0.0964. The molecule has 0 atom stereocenters. The van der Waals surface area contributed by atoms with Crippen LogP contribution in [0.15, 0.2) is 16.6 Å². The summed E-state index contributed by atoms with van der Waals surface area (Å²) in [6, 6.07) is 2.12.